The first-order chi connectivity index (χ1) is 9.38. The van der Waals surface area contributed by atoms with E-state index in [1.165, 1.54) is 0 Å². The summed E-state index contributed by atoms with van der Waals surface area (Å²) in [6.45, 7) is 1.41. The van der Waals surface area contributed by atoms with Gasteiger partial charge in [0.2, 0.25) is 0 Å². The van der Waals surface area contributed by atoms with Crippen LogP contribution in [0.25, 0.3) is 0 Å². The van der Waals surface area contributed by atoms with Crippen LogP contribution in [0.1, 0.15) is 19.3 Å². The molecule has 0 aliphatic carbocycles. The molecule has 0 bridgehead atoms. The Bertz CT molecular complexity index is 419. The van der Waals surface area contributed by atoms with Crippen LogP contribution >= 0.6 is 0 Å². The molecule has 0 saturated carbocycles. The van der Waals surface area contributed by atoms with E-state index < -0.39 is 0 Å². The second-order valence-electron chi connectivity index (χ2n) is 4.26. The van der Waals surface area contributed by atoms with Gasteiger partial charge in [-0.2, -0.15) is 0 Å². The summed E-state index contributed by atoms with van der Waals surface area (Å²) in [5.74, 6) is 0.862. The van der Waals surface area contributed by atoms with Crippen LogP contribution in [0.5, 0.6) is 5.75 Å². The summed E-state index contributed by atoms with van der Waals surface area (Å²) >= 11 is 0. The molecule has 19 heavy (non-hydrogen) atoms. The third kappa shape index (κ3) is 4.62. The van der Waals surface area contributed by atoms with Crippen LogP contribution < -0.4 is 4.74 Å². The van der Waals surface area contributed by atoms with Crippen molar-refractivity contribution >= 4 is 12.2 Å². The summed E-state index contributed by atoms with van der Waals surface area (Å²) in [5, 5.41) is 3.98. The summed E-state index contributed by atoms with van der Waals surface area (Å²) in [6.07, 6.45) is 2.26. The standard InChI is InChI=1S/C14H17NO4/c16-11-17-8-6-12-10-14(19-15-12)7-9-18-13-4-2-1-3-5-13/h1-5,11,14H,6-10H2. The summed E-state index contributed by atoms with van der Waals surface area (Å²) in [6, 6.07) is 9.68. The van der Waals surface area contributed by atoms with Gasteiger partial charge in [0.1, 0.15) is 11.9 Å². The van der Waals surface area contributed by atoms with Crippen molar-refractivity contribution in [2.45, 2.75) is 25.4 Å². The molecule has 5 nitrogen and oxygen atoms in total. The first kappa shape index (κ1) is 13.4. The van der Waals surface area contributed by atoms with Crippen molar-refractivity contribution in [3.63, 3.8) is 0 Å². The van der Waals surface area contributed by atoms with Crippen LogP contribution in [-0.2, 0) is 14.4 Å². The smallest absolute Gasteiger partial charge is 0.293 e. The molecule has 0 fully saturated rings. The monoisotopic (exact) mass is 263 g/mol. The molecule has 5 heteroatoms. The molecule has 0 saturated heterocycles. The minimum Gasteiger partial charge on any atom is -0.493 e. The largest absolute Gasteiger partial charge is 0.493 e. The number of oxime groups is 1. The fraction of sp³-hybridized carbons (Fsp3) is 0.429. The molecule has 0 spiro atoms. The van der Waals surface area contributed by atoms with E-state index in [-0.39, 0.29) is 6.10 Å². The predicted octanol–water partition coefficient (Wildman–Crippen LogP) is 2.16. The molecule has 1 aromatic carbocycles. The van der Waals surface area contributed by atoms with Crippen molar-refractivity contribution in [2.75, 3.05) is 13.2 Å². The lowest BCUT2D eigenvalue weighted by atomic mass is 10.1. The average molecular weight is 263 g/mol. The summed E-state index contributed by atoms with van der Waals surface area (Å²) in [4.78, 5) is 15.3. The third-order valence-corrected chi connectivity index (χ3v) is 2.82. The zero-order chi connectivity index (χ0) is 13.3. The fourth-order valence-corrected chi connectivity index (χ4v) is 1.84. The molecule has 1 aromatic rings. The van der Waals surface area contributed by atoms with E-state index in [0.717, 1.165) is 24.3 Å². The van der Waals surface area contributed by atoms with Gasteiger partial charge < -0.3 is 14.3 Å². The molecule has 1 atom stereocenters. The Balaban J connectivity index is 1.60. The normalized spacial score (nSPS) is 17.5. The van der Waals surface area contributed by atoms with Gasteiger partial charge in [-0.1, -0.05) is 23.4 Å². The quantitative estimate of drug-likeness (QED) is 0.532. The van der Waals surface area contributed by atoms with E-state index >= 15 is 0 Å². The van der Waals surface area contributed by atoms with Gasteiger partial charge in [0.15, 0.2) is 0 Å². The number of carbonyl (C=O) groups excluding carboxylic acids is 1. The van der Waals surface area contributed by atoms with Crippen LogP contribution in [0.4, 0.5) is 0 Å². The number of benzene rings is 1. The molecule has 0 aromatic heterocycles. The third-order valence-electron chi connectivity index (χ3n) is 2.82. The summed E-state index contributed by atoms with van der Waals surface area (Å²) < 4.78 is 10.2. The second-order valence-corrected chi connectivity index (χ2v) is 4.26. The number of carbonyl (C=O) groups is 1. The molecule has 1 aliphatic rings. The van der Waals surface area contributed by atoms with Crippen LogP contribution in [0.3, 0.4) is 0 Å². The van der Waals surface area contributed by atoms with Gasteiger partial charge in [-0.15, -0.1) is 0 Å². The van der Waals surface area contributed by atoms with Gasteiger partial charge >= 0.3 is 0 Å². The maximum absolute atomic E-state index is 10.0. The van der Waals surface area contributed by atoms with Gasteiger partial charge in [-0.05, 0) is 12.1 Å². The zero-order valence-electron chi connectivity index (χ0n) is 10.7. The van der Waals surface area contributed by atoms with Gasteiger partial charge in [0.25, 0.3) is 6.47 Å². The first-order valence-electron chi connectivity index (χ1n) is 6.33. The Hall–Kier alpha value is -2.04. The highest BCUT2D eigenvalue weighted by molar-refractivity contribution is 5.85. The van der Waals surface area contributed by atoms with E-state index in [1.807, 2.05) is 30.3 Å². The molecule has 1 unspecified atom stereocenters. The van der Waals surface area contributed by atoms with Gasteiger partial charge in [-0.25, -0.2) is 0 Å². The molecule has 2 rings (SSSR count). The van der Waals surface area contributed by atoms with Crippen LogP contribution in [0.2, 0.25) is 0 Å². The van der Waals surface area contributed by atoms with E-state index in [4.69, 9.17) is 9.57 Å². The lowest BCUT2D eigenvalue weighted by Crippen LogP contribution is -2.13. The van der Waals surface area contributed by atoms with Crippen molar-refractivity contribution in [1.82, 2.24) is 0 Å². The SMILES string of the molecule is O=COCCC1=NOC(CCOc2ccccc2)C1. The molecular weight excluding hydrogens is 246 g/mol. The molecule has 0 N–H and O–H groups in total. The van der Waals surface area contributed by atoms with E-state index in [0.29, 0.717) is 26.1 Å². The Morgan fingerprint density at radius 2 is 2.16 bits per heavy atom. The van der Waals surface area contributed by atoms with Crippen LogP contribution in [-0.4, -0.2) is 31.5 Å². The highest BCUT2D eigenvalue weighted by atomic mass is 16.6. The predicted molar refractivity (Wildman–Crippen MR) is 70.1 cm³/mol. The number of hydrogen-bond donors (Lipinski definition) is 0. The fourth-order valence-electron chi connectivity index (χ4n) is 1.84. The topological polar surface area (TPSA) is 57.1 Å². The molecule has 0 amide bonds. The van der Waals surface area contributed by atoms with Crippen LogP contribution in [0.15, 0.2) is 35.5 Å². The van der Waals surface area contributed by atoms with Crippen molar-refractivity contribution in [1.29, 1.82) is 0 Å². The Labute approximate surface area is 112 Å². The van der Waals surface area contributed by atoms with E-state index in [1.54, 1.807) is 0 Å². The maximum atomic E-state index is 10.0. The number of ether oxygens (including phenoxy) is 2. The number of para-hydroxylation sites is 1. The Kier molecular flexibility index (Phi) is 5.22. The number of rotatable bonds is 8. The zero-order valence-corrected chi connectivity index (χ0v) is 10.7. The van der Waals surface area contributed by atoms with Gasteiger partial charge in [0.05, 0.1) is 18.9 Å². The number of hydrogen-bond acceptors (Lipinski definition) is 5. The average Bonchev–Trinajstić information content (AvgIpc) is 2.88. The van der Waals surface area contributed by atoms with E-state index in [2.05, 4.69) is 9.89 Å². The second kappa shape index (κ2) is 7.41. The molecular formula is C14H17NO4. The highest BCUT2D eigenvalue weighted by Gasteiger charge is 2.20. The Morgan fingerprint density at radius 3 is 2.95 bits per heavy atom. The first-order valence-corrected chi connectivity index (χ1v) is 6.33. The highest BCUT2D eigenvalue weighted by Crippen LogP contribution is 2.17. The lowest BCUT2D eigenvalue weighted by Gasteiger charge is -2.09. The minimum atomic E-state index is 0.0648. The summed E-state index contributed by atoms with van der Waals surface area (Å²) in [5.41, 5.74) is 0.937. The van der Waals surface area contributed by atoms with Crippen LogP contribution in [0, 0.1) is 0 Å². The van der Waals surface area contributed by atoms with Gasteiger partial charge in [-0.3, -0.25) is 4.79 Å². The molecule has 0 radical (unpaired) electrons. The van der Waals surface area contributed by atoms with Crippen molar-refractivity contribution < 1.29 is 19.1 Å². The molecule has 102 valence electrons. The number of nitrogens with zero attached hydrogens (tertiary/aromatic N) is 1. The minimum absolute atomic E-state index is 0.0648. The van der Waals surface area contributed by atoms with Crippen molar-refractivity contribution in [3.8, 4) is 5.75 Å². The van der Waals surface area contributed by atoms with Gasteiger partial charge in [0, 0.05) is 19.3 Å². The van der Waals surface area contributed by atoms with Crippen molar-refractivity contribution in [2.24, 2.45) is 5.16 Å². The van der Waals surface area contributed by atoms with Crippen molar-refractivity contribution in [3.05, 3.63) is 30.3 Å². The summed E-state index contributed by atoms with van der Waals surface area (Å²) in [7, 11) is 0. The maximum Gasteiger partial charge on any atom is 0.293 e. The van der Waals surface area contributed by atoms with E-state index in [9.17, 15) is 4.79 Å². The molecule has 1 aliphatic heterocycles. The lowest BCUT2D eigenvalue weighted by molar-refractivity contribution is -0.128. The molecule has 1 heterocycles. The Morgan fingerprint density at radius 1 is 1.32 bits per heavy atom.